The molecule has 2 atom stereocenters. The van der Waals surface area contributed by atoms with Crippen LogP contribution in [0.15, 0.2) is 82.3 Å². The Hall–Kier alpha value is -4.35. The third kappa shape index (κ3) is 22.6. The van der Waals surface area contributed by atoms with E-state index >= 15 is 0 Å². The fourth-order valence-corrected chi connectivity index (χ4v) is 8.27. The number of rotatable bonds is 11. The molecule has 15 nitrogen and oxygen atoms in total. The maximum absolute atomic E-state index is 12.7. The van der Waals surface area contributed by atoms with E-state index in [-0.39, 0.29) is 6.42 Å². The number of alkyl halides is 3. The Kier molecular flexibility index (Phi) is 20.4. The van der Waals surface area contributed by atoms with E-state index in [1.54, 1.807) is 66.3 Å². The van der Waals surface area contributed by atoms with Gasteiger partial charge in [-0.05, 0) is 131 Å². The molecule has 0 aliphatic carbocycles. The Morgan fingerprint density at radius 2 is 1.00 bits per heavy atom. The minimum Gasteiger partial charge on any atom is -0.459 e. The zero-order chi connectivity index (χ0) is 49.8. The lowest BCUT2D eigenvalue weighted by Gasteiger charge is -2.26. The first kappa shape index (κ1) is 56.8. The SMILES string of the molecule is CC(C)(C)OC(=O)N[C@@H](Cc1ccc(-c2ncc(Br)cn2)cc1)C(=O)OC(C)(C)C.CC(C)(C)OC(=O)[C@@H](N)Cc1ccc(-c2ncc(Br)cn2)cc1.C[Si](C)(C)OS(=O)(=O)C(F)(F)F. The molecule has 65 heavy (non-hydrogen) atoms. The van der Waals surface area contributed by atoms with Crippen molar-refractivity contribution in [2.24, 2.45) is 5.73 Å². The largest absolute Gasteiger partial charge is 0.522 e. The second-order valence-electron chi connectivity index (χ2n) is 18.2. The predicted octanol–water partition coefficient (Wildman–Crippen LogP) is 9.49. The number of carbonyl (C=O) groups is 3. The van der Waals surface area contributed by atoms with Gasteiger partial charge in [-0.2, -0.15) is 21.6 Å². The number of halogens is 5. The number of carbonyl (C=O) groups excluding carboxylic acids is 3. The minimum atomic E-state index is -5.39. The van der Waals surface area contributed by atoms with Crippen LogP contribution in [0.1, 0.15) is 73.4 Å². The van der Waals surface area contributed by atoms with Crippen molar-refractivity contribution in [1.82, 2.24) is 25.3 Å². The topological polar surface area (TPSA) is 212 Å². The molecule has 22 heteroatoms. The Morgan fingerprint density at radius 1 is 0.646 bits per heavy atom. The average Bonchev–Trinajstić information content (AvgIpc) is 3.13. The van der Waals surface area contributed by atoms with E-state index in [2.05, 4.69) is 61.0 Å². The van der Waals surface area contributed by atoms with Crippen molar-refractivity contribution < 1.29 is 54.1 Å². The van der Waals surface area contributed by atoms with Gasteiger partial charge in [0.2, 0.25) is 8.32 Å². The number of alkyl carbamates (subject to hydrolysis) is 1. The van der Waals surface area contributed by atoms with Gasteiger partial charge in [-0.25, -0.2) is 29.5 Å². The quantitative estimate of drug-likeness (QED) is 0.0620. The molecule has 0 bridgehead atoms. The molecule has 358 valence electrons. The molecule has 0 spiro atoms. The number of amides is 1. The van der Waals surface area contributed by atoms with Gasteiger partial charge in [0.05, 0.1) is 8.95 Å². The molecule has 2 aromatic heterocycles. The lowest BCUT2D eigenvalue weighted by molar-refractivity contribution is -0.158. The van der Waals surface area contributed by atoms with Gasteiger partial charge in [0.15, 0.2) is 11.6 Å². The Morgan fingerprint density at radius 3 is 1.32 bits per heavy atom. The van der Waals surface area contributed by atoms with E-state index in [0.29, 0.717) is 18.1 Å². The highest BCUT2D eigenvalue weighted by atomic mass is 79.9. The van der Waals surface area contributed by atoms with Gasteiger partial charge in [-0.1, -0.05) is 48.5 Å². The molecule has 0 unspecified atom stereocenters. The monoisotopic (exact) mass is 1080 g/mol. The molecular formula is C43H57Br2F3N6O9SSi. The summed E-state index contributed by atoms with van der Waals surface area (Å²) >= 11 is 6.62. The highest BCUT2D eigenvalue weighted by Crippen LogP contribution is 2.27. The lowest BCUT2D eigenvalue weighted by Crippen LogP contribution is -2.47. The van der Waals surface area contributed by atoms with Crippen LogP contribution >= 0.6 is 31.9 Å². The van der Waals surface area contributed by atoms with Crippen LogP contribution in [0.4, 0.5) is 18.0 Å². The van der Waals surface area contributed by atoms with E-state index in [9.17, 15) is 36.0 Å². The smallest absolute Gasteiger partial charge is 0.459 e. The third-order valence-corrected chi connectivity index (χ3v) is 11.6. The van der Waals surface area contributed by atoms with Gasteiger partial charge < -0.3 is 29.1 Å². The normalized spacial score (nSPS) is 13.1. The van der Waals surface area contributed by atoms with Crippen LogP contribution in [0.2, 0.25) is 19.6 Å². The van der Waals surface area contributed by atoms with E-state index in [4.69, 9.17) is 19.9 Å². The first-order valence-electron chi connectivity index (χ1n) is 19.9. The van der Waals surface area contributed by atoms with Crippen molar-refractivity contribution in [3.63, 3.8) is 0 Å². The van der Waals surface area contributed by atoms with Gasteiger partial charge in [-0.15, -0.1) is 0 Å². The van der Waals surface area contributed by atoms with Crippen molar-refractivity contribution in [3.8, 4) is 22.8 Å². The first-order valence-corrected chi connectivity index (χ1v) is 26.3. The van der Waals surface area contributed by atoms with Crippen molar-refractivity contribution in [2.75, 3.05) is 0 Å². The summed E-state index contributed by atoms with van der Waals surface area (Å²) in [4.78, 5) is 53.9. The average molecular weight is 1080 g/mol. The number of hydrogen-bond donors (Lipinski definition) is 2. The van der Waals surface area contributed by atoms with Crippen LogP contribution in [-0.4, -0.2) is 89.1 Å². The standard InChI is InChI=1S/C22H28BrN3O4.C17H20BrN3O2.C4H9F3O3SSi/c1-21(2,3)29-19(27)17(26-20(28)30-22(4,5)6)11-14-7-9-15(10-8-14)18-24-12-16(23)13-25-18;1-17(2,3)23-16(22)14(19)8-11-4-6-12(7-5-11)15-20-9-13(18)10-21-15;1-12(2,3)10-11(8,9)4(5,6)7/h7-10,12-13,17H,11H2,1-6H3,(H,26,28);4-7,9-10,14H,8,19H2,1-3H3;1-3H3/t17-;14-;/m00./s1. The highest BCUT2D eigenvalue weighted by Gasteiger charge is 2.49. The van der Waals surface area contributed by atoms with Crippen molar-refractivity contribution >= 4 is 68.3 Å². The minimum absolute atomic E-state index is 0.260. The molecule has 0 aliphatic rings. The molecular weight excluding hydrogens is 1020 g/mol. The summed E-state index contributed by atoms with van der Waals surface area (Å²) in [5.74, 6) is 0.336. The van der Waals surface area contributed by atoms with Crippen LogP contribution in [0.25, 0.3) is 22.8 Å². The lowest BCUT2D eigenvalue weighted by atomic mass is 10.0. The molecule has 4 rings (SSSR count). The Bertz CT molecular complexity index is 2280. The Labute approximate surface area is 396 Å². The van der Waals surface area contributed by atoms with Crippen LogP contribution in [-0.2, 0) is 50.6 Å². The molecule has 3 N–H and O–H groups in total. The number of esters is 2. The molecule has 4 aromatic rings. The zero-order valence-electron chi connectivity index (χ0n) is 38.3. The molecule has 0 radical (unpaired) electrons. The summed E-state index contributed by atoms with van der Waals surface area (Å²) < 4.78 is 77.4. The van der Waals surface area contributed by atoms with Crippen LogP contribution in [0.3, 0.4) is 0 Å². The Balaban J connectivity index is 0.000000366. The molecule has 0 aliphatic heterocycles. The number of aromatic nitrogens is 4. The maximum Gasteiger partial charge on any atom is 0.522 e. The summed E-state index contributed by atoms with van der Waals surface area (Å²) in [6.07, 6.45) is 6.78. The highest BCUT2D eigenvalue weighted by molar-refractivity contribution is 9.10. The van der Waals surface area contributed by atoms with Crippen LogP contribution in [0.5, 0.6) is 0 Å². The third-order valence-electron chi connectivity index (χ3n) is 7.30. The summed E-state index contributed by atoms with van der Waals surface area (Å²) in [6.45, 7) is 20.2. The summed E-state index contributed by atoms with van der Waals surface area (Å²) in [5, 5.41) is 2.63. The first-order chi connectivity index (χ1) is 29.5. The number of nitrogens with zero attached hydrogens (tertiary/aromatic N) is 4. The zero-order valence-corrected chi connectivity index (χ0v) is 43.3. The molecule has 2 heterocycles. The van der Waals surface area contributed by atoms with Crippen LogP contribution in [0, 0.1) is 0 Å². The van der Waals surface area contributed by atoms with Crippen molar-refractivity contribution in [1.29, 1.82) is 0 Å². The summed E-state index contributed by atoms with van der Waals surface area (Å²) in [6, 6.07) is 13.6. The molecule has 1 amide bonds. The van der Waals surface area contributed by atoms with Gasteiger partial charge in [0.25, 0.3) is 0 Å². The molecule has 2 aromatic carbocycles. The van der Waals surface area contributed by atoms with E-state index in [0.717, 1.165) is 31.2 Å². The maximum atomic E-state index is 12.7. The van der Waals surface area contributed by atoms with Crippen LogP contribution < -0.4 is 11.1 Å². The van der Waals surface area contributed by atoms with E-state index in [1.165, 1.54) is 19.6 Å². The second kappa shape index (κ2) is 23.4. The summed E-state index contributed by atoms with van der Waals surface area (Å²) in [7, 11) is -8.10. The van der Waals surface area contributed by atoms with Crippen molar-refractivity contribution in [3.05, 3.63) is 93.4 Å². The molecule has 0 saturated heterocycles. The number of nitrogens with one attached hydrogen (secondary N) is 1. The number of hydrogen-bond acceptors (Lipinski definition) is 14. The number of nitrogens with two attached hydrogens (primary N) is 1. The predicted molar refractivity (Wildman–Crippen MR) is 250 cm³/mol. The van der Waals surface area contributed by atoms with Gasteiger partial charge >= 0.3 is 33.7 Å². The van der Waals surface area contributed by atoms with Gasteiger partial charge in [-0.3, -0.25) is 4.79 Å². The van der Waals surface area contributed by atoms with Gasteiger partial charge in [0.1, 0.15) is 28.9 Å². The van der Waals surface area contributed by atoms with Crippen molar-refractivity contribution in [2.45, 2.75) is 129 Å². The van der Waals surface area contributed by atoms with E-state index in [1.807, 2.05) is 69.3 Å². The number of ether oxygens (including phenoxy) is 3. The second-order valence-corrected chi connectivity index (χ2v) is 26.3. The fraction of sp³-hybridized carbons (Fsp3) is 0.465. The summed E-state index contributed by atoms with van der Waals surface area (Å²) in [5.41, 5.74) is 2.30. The fourth-order valence-electron chi connectivity index (χ4n) is 4.85. The molecule has 0 fully saturated rings. The molecule has 0 saturated carbocycles. The van der Waals surface area contributed by atoms with Gasteiger partial charge in [0, 0.05) is 42.3 Å². The number of benzene rings is 2. The van der Waals surface area contributed by atoms with E-state index < -0.39 is 70.9 Å².